The number of carbonyl (C=O) groups is 1. The molecule has 0 bridgehead atoms. The van der Waals surface area contributed by atoms with Crippen LogP contribution in [0.1, 0.15) is 23.2 Å². The Bertz CT molecular complexity index is 798. The molecule has 0 radical (unpaired) electrons. The lowest BCUT2D eigenvalue weighted by Crippen LogP contribution is -2.38. The highest BCUT2D eigenvalue weighted by Crippen LogP contribution is 2.11. The number of amides is 1. The molecular formula is C19H24N4O3. The SMILES string of the molecule is Cc1nc(N2CCOCC2)[nH]c(=O)c1CCC(=O)NCc1ccccc1. The summed E-state index contributed by atoms with van der Waals surface area (Å²) in [5.41, 5.74) is 2.12. The number of rotatable bonds is 6. The van der Waals surface area contributed by atoms with E-state index in [9.17, 15) is 9.59 Å². The van der Waals surface area contributed by atoms with Gasteiger partial charge in [-0.25, -0.2) is 4.98 Å². The molecule has 0 atom stereocenters. The van der Waals surface area contributed by atoms with Crippen LogP contribution in [0, 0.1) is 6.92 Å². The number of hydrogen-bond acceptors (Lipinski definition) is 5. The number of aromatic amines is 1. The number of benzene rings is 1. The maximum atomic E-state index is 12.4. The highest BCUT2D eigenvalue weighted by atomic mass is 16.5. The first-order valence-electron chi connectivity index (χ1n) is 8.86. The Kier molecular flexibility index (Phi) is 6.01. The zero-order valence-electron chi connectivity index (χ0n) is 15.0. The second kappa shape index (κ2) is 8.62. The Balaban J connectivity index is 1.57. The van der Waals surface area contributed by atoms with Crippen molar-refractivity contribution in [3.63, 3.8) is 0 Å². The molecule has 2 heterocycles. The third-order valence-electron chi connectivity index (χ3n) is 4.45. The first-order valence-corrected chi connectivity index (χ1v) is 8.86. The number of anilines is 1. The molecule has 0 aliphatic carbocycles. The smallest absolute Gasteiger partial charge is 0.255 e. The van der Waals surface area contributed by atoms with Crippen molar-refractivity contribution in [2.24, 2.45) is 0 Å². The van der Waals surface area contributed by atoms with Gasteiger partial charge in [-0.1, -0.05) is 30.3 Å². The normalized spacial score (nSPS) is 14.3. The van der Waals surface area contributed by atoms with Crippen LogP contribution in [-0.4, -0.2) is 42.2 Å². The molecule has 1 saturated heterocycles. The number of H-pyrrole nitrogens is 1. The Morgan fingerprint density at radius 2 is 2.00 bits per heavy atom. The first-order chi connectivity index (χ1) is 12.6. The van der Waals surface area contributed by atoms with Crippen LogP contribution in [0.4, 0.5) is 5.95 Å². The minimum atomic E-state index is -0.171. The molecule has 26 heavy (non-hydrogen) atoms. The van der Waals surface area contributed by atoms with Crippen molar-refractivity contribution in [1.29, 1.82) is 0 Å². The average Bonchev–Trinajstić information content (AvgIpc) is 2.67. The maximum Gasteiger partial charge on any atom is 0.255 e. The van der Waals surface area contributed by atoms with E-state index in [1.807, 2.05) is 42.2 Å². The van der Waals surface area contributed by atoms with Gasteiger partial charge in [0.2, 0.25) is 11.9 Å². The molecular weight excluding hydrogens is 332 g/mol. The zero-order valence-corrected chi connectivity index (χ0v) is 15.0. The summed E-state index contributed by atoms with van der Waals surface area (Å²) in [4.78, 5) is 33.8. The molecule has 1 aromatic heterocycles. The predicted octanol–water partition coefficient (Wildman–Crippen LogP) is 1.16. The van der Waals surface area contributed by atoms with Crippen LogP contribution in [0.3, 0.4) is 0 Å². The van der Waals surface area contributed by atoms with Crippen molar-refractivity contribution < 1.29 is 9.53 Å². The fourth-order valence-corrected chi connectivity index (χ4v) is 2.94. The monoisotopic (exact) mass is 356 g/mol. The number of ether oxygens (including phenoxy) is 1. The molecule has 7 heteroatoms. The van der Waals surface area contributed by atoms with Crippen molar-refractivity contribution in [3.8, 4) is 0 Å². The van der Waals surface area contributed by atoms with Crippen LogP contribution in [0.2, 0.25) is 0 Å². The predicted molar refractivity (Wildman–Crippen MR) is 99.2 cm³/mol. The topological polar surface area (TPSA) is 87.3 Å². The lowest BCUT2D eigenvalue weighted by atomic mass is 10.1. The van der Waals surface area contributed by atoms with Crippen LogP contribution in [-0.2, 0) is 22.5 Å². The molecule has 1 amide bonds. The lowest BCUT2D eigenvalue weighted by molar-refractivity contribution is -0.121. The summed E-state index contributed by atoms with van der Waals surface area (Å²) in [6.45, 7) is 4.99. The van der Waals surface area contributed by atoms with E-state index in [1.165, 1.54) is 0 Å². The molecule has 1 aliphatic rings. The summed E-state index contributed by atoms with van der Waals surface area (Å²) in [5, 5.41) is 2.88. The van der Waals surface area contributed by atoms with Crippen molar-refractivity contribution in [2.75, 3.05) is 31.2 Å². The largest absolute Gasteiger partial charge is 0.378 e. The van der Waals surface area contributed by atoms with Crippen molar-refractivity contribution in [3.05, 3.63) is 57.5 Å². The summed E-state index contributed by atoms with van der Waals surface area (Å²) < 4.78 is 5.32. The molecule has 1 fully saturated rings. The van der Waals surface area contributed by atoms with E-state index in [4.69, 9.17) is 4.74 Å². The van der Waals surface area contributed by atoms with Gasteiger partial charge in [-0.3, -0.25) is 14.6 Å². The number of nitrogens with zero attached hydrogens (tertiary/aromatic N) is 2. The van der Waals surface area contributed by atoms with Crippen LogP contribution in [0.5, 0.6) is 0 Å². The zero-order chi connectivity index (χ0) is 18.4. The van der Waals surface area contributed by atoms with Gasteiger partial charge in [0.25, 0.3) is 5.56 Å². The van der Waals surface area contributed by atoms with E-state index >= 15 is 0 Å². The van der Waals surface area contributed by atoms with E-state index in [2.05, 4.69) is 15.3 Å². The fourth-order valence-electron chi connectivity index (χ4n) is 2.94. The third-order valence-corrected chi connectivity index (χ3v) is 4.45. The third kappa shape index (κ3) is 4.70. The van der Waals surface area contributed by atoms with E-state index in [-0.39, 0.29) is 17.9 Å². The minimum Gasteiger partial charge on any atom is -0.378 e. The molecule has 138 valence electrons. The first kappa shape index (κ1) is 18.1. The van der Waals surface area contributed by atoms with Crippen LogP contribution >= 0.6 is 0 Å². The van der Waals surface area contributed by atoms with E-state index < -0.39 is 0 Å². The molecule has 0 spiro atoms. The van der Waals surface area contributed by atoms with Gasteiger partial charge >= 0.3 is 0 Å². The number of carbonyl (C=O) groups excluding carboxylic acids is 1. The molecule has 2 N–H and O–H groups in total. The molecule has 0 unspecified atom stereocenters. The lowest BCUT2D eigenvalue weighted by Gasteiger charge is -2.27. The van der Waals surface area contributed by atoms with Crippen molar-refractivity contribution >= 4 is 11.9 Å². The second-order valence-electron chi connectivity index (χ2n) is 6.32. The van der Waals surface area contributed by atoms with E-state index in [1.54, 1.807) is 0 Å². The summed E-state index contributed by atoms with van der Waals surface area (Å²) in [5.74, 6) is 0.498. The highest BCUT2D eigenvalue weighted by Gasteiger charge is 2.16. The number of aryl methyl sites for hydroxylation is 1. The van der Waals surface area contributed by atoms with Gasteiger partial charge in [0.05, 0.1) is 13.2 Å². The second-order valence-corrected chi connectivity index (χ2v) is 6.32. The molecule has 3 rings (SSSR count). The van der Waals surface area contributed by atoms with Gasteiger partial charge < -0.3 is 15.0 Å². The Labute approximate surface area is 152 Å². The Hall–Kier alpha value is -2.67. The number of hydrogen-bond donors (Lipinski definition) is 2. The summed E-state index contributed by atoms with van der Waals surface area (Å²) >= 11 is 0. The summed E-state index contributed by atoms with van der Waals surface area (Å²) in [6.07, 6.45) is 0.632. The van der Waals surface area contributed by atoms with Crippen LogP contribution in [0.15, 0.2) is 35.1 Å². The van der Waals surface area contributed by atoms with E-state index in [0.29, 0.717) is 56.5 Å². The number of morpholine rings is 1. The van der Waals surface area contributed by atoms with Crippen LogP contribution < -0.4 is 15.8 Å². The van der Waals surface area contributed by atoms with Gasteiger partial charge in [0, 0.05) is 37.3 Å². The van der Waals surface area contributed by atoms with Crippen molar-refractivity contribution in [1.82, 2.24) is 15.3 Å². The van der Waals surface area contributed by atoms with Crippen LogP contribution in [0.25, 0.3) is 0 Å². The average molecular weight is 356 g/mol. The molecule has 1 aromatic carbocycles. The summed E-state index contributed by atoms with van der Waals surface area (Å²) in [7, 11) is 0. The molecule has 7 nitrogen and oxygen atoms in total. The van der Waals surface area contributed by atoms with Gasteiger partial charge in [0.1, 0.15) is 0 Å². The van der Waals surface area contributed by atoms with E-state index in [0.717, 1.165) is 5.56 Å². The number of aromatic nitrogens is 2. The quantitative estimate of drug-likeness (QED) is 0.811. The molecule has 2 aromatic rings. The van der Waals surface area contributed by atoms with Crippen molar-refractivity contribution in [2.45, 2.75) is 26.3 Å². The molecule has 0 saturated carbocycles. The van der Waals surface area contributed by atoms with Gasteiger partial charge in [-0.15, -0.1) is 0 Å². The standard InChI is InChI=1S/C19H24N4O3/c1-14-16(7-8-17(24)20-13-15-5-3-2-4-6-15)18(25)22-19(21-14)23-9-11-26-12-10-23/h2-6H,7-13H2,1H3,(H,20,24)(H,21,22,25). The fraction of sp³-hybridized carbons (Fsp3) is 0.421. The Morgan fingerprint density at radius 3 is 2.69 bits per heavy atom. The van der Waals surface area contributed by atoms with Gasteiger partial charge in [-0.05, 0) is 18.9 Å². The highest BCUT2D eigenvalue weighted by molar-refractivity contribution is 5.76. The molecule has 1 aliphatic heterocycles. The van der Waals surface area contributed by atoms with Gasteiger partial charge in [0.15, 0.2) is 0 Å². The minimum absolute atomic E-state index is 0.0788. The number of nitrogens with one attached hydrogen (secondary N) is 2. The maximum absolute atomic E-state index is 12.4. The Morgan fingerprint density at radius 1 is 1.27 bits per heavy atom. The summed E-state index contributed by atoms with van der Waals surface area (Å²) in [6, 6.07) is 9.74. The van der Waals surface area contributed by atoms with Gasteiger partial charge in [-0.2, -0.15) is 0 Å².